The number of carbonyl (C=O) groups is 2. The molecule has 0 aromatic heterocycles. The Morgan fingerprint density at radius 3 is 2.61 bits per heavy atom. The maximum atomic E-state index is 12.4. The van der Waals surface area contributed by atoms with Gasteiger partial charge in [0.2, 0.25) is 0 Å². The van der Waals surface area contributed by atoms with Crippen molar-refractivity contribution in [2.45, 2.75) is 57.7 Å². The van der Waals surface area contributed by atoms with Gasteiger partial charge >= 0.3 is 59.1 Å². The molecule has 0 aromatic carbocycles. The minimum absolute atomic E-state index is 0. The molecule has 0 bridgehead atoms. The molecule has 4 aliphatic rings. The number of fused-ring (bicyclic) bond motifs is 5. The first-order valence-electron chi connectivity index (χ1n) is 9.66. The summed E-state index contributed by atoms with van der Waals surface area (Å²) in [5, 5.41) is 31.7. The fraction of sp³-hybridized carbons (Fsp3) is 0.714. The first-order valence-corrected chi connectivity index (χ1v) is 9.66. The quantitative estimate of drug-likeness (QED) is 0.403. The summed E-state index contributed by atoms with van der Waals surface area (Å²) in [6.45, 7) is 3.34. The molecule has 1 unspecified atom stereocenters. The minimum Gasteiger partial charge on any atom is -1.00 e. The van der Waals surface area contributed by atoms with E-state index in [1.165, 1.54) is 0 Å². The van der Waals surface area contributed by atoms with Crippen molar-refractivity contribution >= 4 is 11.6 Å². The summed E-state index contributed by atoms with van der Waals surface area (Å²) in [5.74, 6) is -0.227. The van der Waals surface area contributed by atoms with Crippen molar-refractivity contribution in [2.24, 2.45) is 28.6 Å². The van der Waals surface area contributed by atoms with Gasteiger partial charge in [0.25, 0.3) is 0 Å². The molecular weight excluding hydrogens is 378 g/mol. The molecular formula is C21H30Na2O5. The van der Waals surface area contributed by atoms with Crippen LogP contribution in [0.15, 0.2) is 23.8 Å². The van der Waals surface area contributed by atoms with Gasteiger partial charge in [-0.1, -0.05) is 25.5 Å². The van der Waals surface area contributed by atoms with Crippen LogP contribution in [0.3, 0.4) is 0 Å². The zero-order valence-electron chi connectivity index (χ0n) is 19.4. The molecule has 0 spiro atoms. The van der Waals surface area contributed by atoms with E-state index in [-0.39, 0.29) is 90.9 Å². The zero-order valence-corrected chi connectivity index (χ0v) is 21.4. The average Bonchev–Trinajstić information content (AvgIpc) is 2.86. The molecule has 4 aliphatic carbocycles. The number of aliphatic hydroxyl groups excluding tert-OH is 2. The Bertz CT molecular complexity index is 745. The van der Waals surface area contributed by atoms with E-state index >= 15 is 0 Å². The maximum Gasteiger partial charge on any atom is 1.00 e. The van der Waals surface area contributed by atoms with Crippen LogP contribution in [0.5, 0.6) is 0 Å². The fourth-order valence-electron chi connectivity index (χ4n) is 6.92. The second-order valence-electron chi connectivity index (χ2n) is 9.19. The van der Waals surface area contributed by atoms with Crippen molar-refractivity contribution in [1.82, 2.24) is 0 Å². The predicted molar refractivity (Wildman–Crippen MR) is 97.3 cm³/mol. The van der Waals surface area contributed by atoms with Gasteiger partial charge in [0.05, 0.1) is 6.10 Å². The third-order valence-electron chi connectivity index (χ3n) is 8.25. The van der Waals surface area contributed by atoms with Gasteiger partial charge in [-0.05, 0) is 56.1 Å². The van der Waals surface area contributed by atoms with Crippen LogP contribution < -0.4 is 59.1 Å². The summed E-state index contributed by atoms with van der Waals surface area (Å²) >= 11 is 0. The van der Waals surface area contributed by atoms with Crippen molar-refractivity contribution in [2.75, 3.05) is 6.61 Å². The van der Waals surface area contributed by atoms with Crippen molar-refractivity contribution in [3.63, 3.8) is 0 Å². The van der Waals surface area contributed by atoms with Crippen LogP contribution in [0.1, 0.15) is 48.8 Å². The van der Waals surface area contributed by atoms with Crippen molar-refractivity contribution < 1.29 is 86.9 Å². The Kier molecular flexibility index (Phi) is 7.42. The molecule has 3 saturated carbocycles. The summed E-state index contributed by atoms with van der Waals surface area (Å²) in [5.41, 5.74) is -1.54. The number of hydrogen-bond donors (Lipinski definition) is 3. The molecule has 28 heavy (non-hydrogen) atoms. The molecule has 3 N–H and O–H groups in total. The summed E-state index contributed by atoms with van der Waals surface area (Å²) in [6, 6.07) is 0. The van der Waals surface area contributed by atoms with Crippen LogP contribution in [0.4, 0.5) is 0 Å². The first-order chi connectivity index (χ1) is 12.2. The van der Waals surface area contributed by atoms with Crippen LogP contribution in [-0.4, -0.2) is 45.2 Å². The van der Waals surface area contributed by atoms with Crippen LogP contribution >= 0.6 is 0 Å². The van der Waals surface area contributed by atoms with Gasteiger partial charge in [-0.3, -0.25) is 9.59 Å². The van der Waals surface area contributed by atoms with E-state index in [0.29, 0.717) is 12.8 Å². The number of hydrogen-bond acceptors (Lipinski definition) is 5. The molecule has 4 rings (SSSR count). The summed E-state index contributed by atoms with van der Waals surface area (Å²) in [7, 11) is 0. The van der Waals surface area contributed by atoms with E-state index in [2.05, 4.69) is 6.92 Å². The molecule has 0 amide bonds. The molecule has 7 atom stereocenters. The fourth-order valence-corrected chi connectivity index (χ4v) is 6.92. The molecule has 5 nitrogen and oxygen atoms in total. The Balaban J connectivity index is 0.00000210. The number of Topliss-reactive ketones (excluding diaryl/α,β-unsaturated/α-hetero) is 1. The number of rotatable bonds is 2. The Hall–Kier alpha value is 0.700. The topological polar surface area (TPSA) is 94.8 Å². The summed E-state index contributed by atoms with van der Waals surface area (Å²) < 4.78 is 0. The van der Waals surface area contributed by atoms with E-state index in [1.54, 1.807) is 12.2 Å². The van der Waals surface area contributed by atoms with Crippen molar-refractivity contribution in [1.29, 1.82) is 0 Å². The second kappa shape index (κ2) is 8.33. The second-order valence-corrected chi connectivity index (χ2v) is 9.19. The molecule has 146 valence electrons. The standard InChI is InChI=1S/C21H28O5.2Na.2H/c1-19-7-5-13(23)9-12(19)3-4-14-15-6-8-21(26,17(25)11-22)20(15,2)10-16(24)18(14)19;;;;/h5,7,9,14-16,18,22,24,26H,3-4,6,8,10-11H2,1-2H3;;;;/q;2*+1;2*-1/t14-,15-,16?,18+,19-,20-,21-;;;;/m0..../s1. The monoisotopic (exact) mass is 408 g/mol. The van der Waals surface area contributed by atoms with Crippen molar-refractivity contribution in [3.05, 3.63) is 23.8 Å². The third kappa shape index (κ3) is 3.25. The van der Waals surface area contributed by atoms with Gasteiger partial charge in [0.15, 0.2) is 11.6 Å². The number of aliphatic hydroxyl groups is 3. The first kappa shape index (κ1) is 25.0. The van der Waals surface area contributed by atoms with E-state index in [9.17, 15) is 24.9 Å². The van der Waals surface area contributed by atoms with Crippen molar-refractivity contribution in [3.8, 4) is 0 Å². The molecule has 0 radical (unpaired) electrons. The molecule has 0 saturated heterocycles. The average molecular weight is 408 g/mol. The maximum absolute atomic E-state index is 12.4. The molecule has 7 heteroatoms. The van der Waals surface area contributed by atoms with Gasteiger partial charge < -0.3 is 18.2 Å². The minimum atomic E-state index is -1.56. The normalized spacial score (nSPS) is 46.3. The zero-order chi connectivity index (χ0) is 18.9. The molecule has 0 heterocycles. The predicted octanol–water partition coefficient (Wildman–Crippen LogP) is -4.21. The molecule has 3 fully saturated rings. The van der Waals surface area contributed by atoms with E-state index in [1.807, 2.05) is 13.0 Å². The van der Waals surface area contributed by atoms with Gasteiger partial charge in [-0.15, -0.1) is 0 Å². The number of ketones is 2. The van der Waals surface area contributed by atoms with E-state index in [4.69, 9.17) is 0 Å². The van der Waals surface area contributed by atoms with Crippen LogP contribution in [0, 0.1) is 28.6 Å². The number of allylic oxidation sites excluding steroid dienone is 4. The van der Waals surface area contributed by atoms with Gasteiger partial charge in [-0.25, -0.2) is 0 Å². The third-order valence-corrected chi connectivity index (χ3v) is 8.25. The van der Waals surface area contributed by atoms with Crippen LogP contribution in [-0.2, 0) is 9.59 Å². The van der Waals surface area contributed by atoms with Gasteiger partial charge in [0, 0.05) is 16.7 Å². The van der Waals surface area contributed by atoms with E-state index < -0.39 is 29.5 Å². The van der Waals surface area contributed by atoms with Gasteiger partial charge in [-0.2, -0.15) is 0 Å². The Morgan fingerprint density at radius 1 is 1.29 bits per heavy atom. The SMILES string of the molecule is C[C@]12C=CC(=O)C=C1CC[C@@H]1[C@@H]2C(O)C[C@@]2(C)[C@H]1CC[C@]2(O)C(=O)CO.[H-].[H-].[Na+].[Na+]. The number of carbonyl (C=O) groups excluding carboxylic acids is 2. The molecule has 0 aliphatic heterocycles. The smallest absolute Gasteiger partial charge is 1.00 e. The van der Waals surface area contributed by atoms with Crippen LogP contribution in [0.2, 0.25) is 0 Å². The molecule has 0 aromatic rings. The Morgan fingerprint density at radius 2 is 1.96 bits per heavy atom. The van der Waals surface area contributed by atoms with Crippen LogP contribution in [0.25, 0.3) is 0 Å². The summed E-state index contributed by atoms with van der Waals surface area (Å²) in [4.78, 5) is 24.2. The van der Waals surface area contributed by atoms with E-state index in [0.717, 1.165) is 24.8 Å². The Labute approximate surface area is 213 Å². The largest absolute Gasteiger partial charge is 1.00 e. The van der Waals surface area contributed by atoms with Gasteiger partial charge in [0.1, 0.15) is 12.2 Å². The summed E-state index contributed by atoms with van der Waals surface area (Å²) in [6.07, 6.45) is 7.68.